The average molecular weight is 677 g/mol. The van der Waals surface area contributed by atoms with Crippen LogP contribution in [0.5, 0.6) is 0 Å². The van der Waals surface area contributed by atoms with Gasteiger partial charge in [-0.15, -0.1) is 0 Å². The molecule has 11 heteroatoms. The van der Waals surface area contributed by atoms with Crippen LogP contribution in [0, 0.1) is 17.8 Å². The summed E-state index contributed by atoms with van der Waals surface area (Å²) < 4.78 is 32.4. The molecule has 1 N–H and O–H groups in total. The van der Waals surface area contributed by atoms with Gasteiger partial charge in [-0.1, -0.05) is 69.2 Å². The van der Waals surface area contributed by atoms with Crippen LogP contribution in [0.15, 0.2) is 0 Å². The summed E-state index contributed by atoms with van der Waals surface area (Å²) in [6.45, 7) is 34.5. The molecule has 7 atom stereocenters. The van der Waals surface area contributed by atoms with Gasteiger partial charge in [0.1, 0.15) is 11.9 Å². The highest BCUT2D eigenvalue weighted by atomic mass is 28.4. The van der Waals surface area contributed by atoms with Crippen molar-refractivity contribution in [2.45, 2.75) is 161 Å². The van der Waals surface area contributed by atoms with Crippen molar-refractivity contribution >= 4 is 37.2 Å². The maximum atomic E-state index is 12.7. The monoisotopic (exact) mass is 676 g/mol. The van der Waals surface area contributed by atoms with E-state index in [-0.39, 0.29) is 47.9 Å². The molecule has 1 saturated heterocycles. The number of epoxide rings is 1. The molecule has 1 aliphatic heterocycles. The topological polar surface area (TPSA) is 104 Å². The molecule has 0 aromatic rings. The Kier molecular flexibility index (Phi) is 14.8. The highest BCUT2D eigenvalue weighted by molar-refractivity contribution is 6.74. The molecule has 0 spiro atoms. The first-order valence-electron chi connectivity index (χ1n) is 16.8. The third-order valence-electron chi connectivity index (χ3n) is 11.2. The van der Waals surface area contributed by atoms with Crippen LogP contribution in [0.3, 0.4) is 0 Å². The zero-order chi connectivity index (χ0) is 34.5. The molecule has 0 aliphatic carbocycles. The van der Waals surface area contributed by atoms with E-state index in [0.717, 1.165) is 24.4 Å². The minimum Gasteiger partial charge on any atom is -0.465 e. The largest absolute Gasteiger partial charge is 0.465 e. The third-order valence-corrected chi connectivity index (χ3v) is 24.8. The first-order valence-corrected chi connectivity index (χ1v) is 25.1. The molecule has 1 heterocycles. The van der Waals surface area contributed by atoms with Crippen molar-refractivity contribution in [3.8, 4) is 0 Å². The fourth-order valence-electron chi connectivity index (χ4n) is 5.33. The van der Waals surface area contributed by atoms with E-state index in [1.54, 1.807) is 0 Å². The summed E-state index contributed by atoms with van der Waals surface area (Å²) in [4.78, 5) is 24.3. The SMILES string of the molecule is CC[Si](CC)(CC)O[C@@H]([C@@H](CO[Si](C)(C)C(C)(C)C)[C@H](O)[C@@H](C=O)CO[Si](C)(C)C(C)(C)C)[C@@]1(C)O[C@@H]1[C@@H](C)COC(C)=O. The zero-order valence-corrected chi connectivity index (χ0v) is 34.1. The van der Waals surface area contributed by atoms with E-state index in [1.807, 2.05) is 13.8 Å². The highest BCUT2D eigenvalue weighted by Crippen LogP contribution is 2.50. The smallest absolute Gasteiger partial charge is 0.302 e. The van der Waals surface area contributed by atoms with Gasteiger partial charge < -0.3 is 32.7 Å². The molecular formula is C33H68O8Si3. The van der Waals surface area contributed by atoms with Gasteiger partial charge in [0.15, 0.2) is 25.0 Å². The number of ether oxygens (including phenoxy) is 2. The molecule has 260 valence electrons. The van der Waals surface area contributed by atoms with Crippen molar-refractivity contribution in [1.82, 2.24) is 0 Å². The van der Waals surface area contributed by atoms with Gasteiger partial charge in [0.05, 0.1) is 30.8 Å². The van der Waals surface area contributed by atoms with Gasteiger partial charge in [0, 0.05) is 32.0 Å². The van der Waals surface area contributed by atoms with Crippen molar-refractivity contribution in [3.05, 3.63) is 0 Å². The Hall–Kier alpha value is -0.409. The summed E-state index contributed by atoms with van der Waals surface area (Å²) >= 11 is 0. The van der Waals surface area contributed by atoms with Gasteiger partial charge in [-0.05, 0) is 61.3 Å². The second kappa shape index (κ2) is 15.7. The number of carbonyl (C=O) groups is 2. The van der Waals surface area contributed by atoms with Crippen molar-refractivity contribution in [2.24, 2.45) is 17.8 Å². The lowest BCUT2D eigenvalue weighted by atomic mass is 9.80. The van der Waals surface area contributed by atoms with Crippen LogP contribution in [-0.2, 0) is 32.3 Å². The molecule has 0 aromatic heterocycles. The van der Waals surface area contributed by atoms with Crippen LogP contribution < -0.4 is 0 Å². The highest BCUT2D eigenvalue weighted by Gasteiger charge is 2.64. The number of aliphatic hydroxyl groups is 1. The Balaban J connectivity index is 3.66. The molecule has 0 saturated carbocycles. The molecule has 44 heavy (non-hydrogen) atoms. The molecular weight excluding hydrogens is 609 g/mol. The molecule has 0 aromatic carbocycles. The van der Waals surface area contributed by atoms with E-state index in [4.69, 9.17) is 22.8 Å². The molecule has 0 unspecified atom stereocenters. The van der Waals surface area contributed by atoms with E-state index in [0.29, 0.717) is 0 Å². The van der Waals surface area contributed by atoms with E-state index < -0.39 is 54.6 Å². The molecule has 0 amide bonds. The maximum Gasteiger partial charge on any atom is 0.302 e. The van der Waals surface area contributed by atoms with Crippen molar-refractivity contribution in [1.29, 1.82) is 0 Å². The van der Waals surface area contributed by atoms with Crippen LogP contribution in [0.25, 0.3) is 0 Å². The number of hydrogen-bond acceptors (Lipinski definition) is 8. The molecule has 1 aliphatic rings. The number of aldehydes is 1. The van der Waals surface area contributed by atoms with Gasteiger partial charge >= 0.3 is 5.97 Å². The Morgan fingerprint density at radius 3 is 1.75 bits per heavy atom. The number of aliphatic hydroxyl groups excluding tert-OH is 1. The normalized spacial score (nSPS) is 23.4. The summed E-state index contributed by atoms with van der Waals surface area (Å²) in [5.74, 6) is -1.68. The first kappa shape index (κ1) is 41.6. The molecule has 1 rings (SSSR count). The Labute approximate surface area is 273 Å². The predicted octanol–water partition coefficient (Wildman–Crippen LogP) is 7.57. The Morgan fingerprint density at radius 2 is 1.36 bits per heavy atom. The Bertz CT molecular complexity index is 917. The van der Waals surface area contributed by atoms with E-state index in [1.165, 1.54) is 6.92 Å². The maximum absolute atomic E-state index is 12.7. The van der Waals surface area contributed by atoms with Crippen LogP contribution >= 0.6 is 0 Å². The summed E-state index contributed by atoms with van der Waals surface area (Å²) in [6, 6.07) is 2.78. The molecule has 8 nitrogen and oxygen atoms in total. The van der Waals surface area contributed by atoms with E-state index in [2.05, 4.69) is 88.5 Å². The predicted molar refractivity (Wildman–Crippen MR) is 186 cm³/mol. The number of hydrogen-bond donors (Lipinski definition) is 1. The minimum atomic E-state index is -2.23. The first-order chi connectivity index (χ1) is 19.9. The van der Waals surface area contributed by atoms with E-state index in [9.17, 15) is 14.7 Å². The van der Waals surface area contributed by atoms with E-state index >= 15 is 0 Å². The summed E-state index contributed by atoms with van der Waals surface area (Å²) in [5.41, 5.74) is -0.743. The van der Waals surface area contributed by atoms with Gasteiger partial charge in [0.2, 0.25) is 0 Å². The summed E-state index contributed by atoms with van der Waals surface area (Å²) in [7, 11) is -6.63. The fourth-order valence-corrected chi connectivity index (χ4v) is 10.4. The number of esters is 1. The van der Waals surface area contributed by atoms with Crippen LogP contribution in [0.4, 0.5) is 0 Å². The van der Waals surface area contributed by atoms with Gasteiger partial charge in [-0.3, -0.25) is 4.79 Å². The van der Waals surface area contributed by atoms with Crippen molar-refractivity contribution < 1.29 is 37.4 Å². The van der Waals surface area contributed by atoms with Crippen molar-refractivity contribution in [2.75, 3.05) is 19.8 Å². The Morgan fingerprint density at radius 1 is 0.909 bits per heavy atom. The number of rotatable bonds is 19. The van der Waals surface area contributed by atoms with Gasteiger partial charge in [0.25, 0.3) is 0 Å². The quantitative estimate of drug-likeness (QED) is 0.0647. The van der Waals surface area contributed by atoms with Crippen molar-refractivity contribution in [3.63, 3.8) is 0 Å². The second-order valence-electron chi connectivity index (χ2n) is 16.4. The summed E-state index contributed by atoms with van der Waals surface area (Å²) in [6.07, 6.45) is -0.969. The lowest BCUT2D eigenvalue weighted by Crippen LogP contribution is -2.56. The number of carbonyl (C=O) groups excluding carboxylic acids is 2. The van der Waals surface area contributed by atoms with Crippen LogP contribution in [0.2, 0.25) is 54.4 Å². The average Bonchev–Trinajstić information content (AvgIpc) is 3.60. The lowest BCUT2D eigenvalue weighted by molar-refractivity contribution is -0.142. The molecule has 0 bridgehead atoms. The molecule has 1 fully saturated rings. The van der Waals surface area contributed by atoms with Gasteiger partial charge in [-0.25, -0.2) is 0 Å². The van der Waals surface area contributed by atoms with Crippen LogP contribution in [-0.4, -0.2) is 86.0 Å². The van der Waals surface area contributed by atoms with Gasteiger partial charge in [-0.2, -0.15) is 0 Å². The third kappa shape index (κ3) is 10.3. The fraction of sp³-hybridized carbons (Fsp3) is 0.939. The summed E-state index contributed by atoms with van der Waals surface area (Å²) in [5, 5.41) is 12.1. The van der Waals surface area contributed by atoms with Crippen LogP contribution in [0.1, 0.15) is 83.1 Å². The minimum absolute atomic E-state index is 0.0307. The second-order valence-corrected chi connectivity index (χ2v) is 30.7. The lowest BCUT2D eigenvalue weighted by Gasteiger charge is -2.44. The standard InChI is InChI=1S/C33H68O8Si3/c1-17-44(18-2,19-3)41-30(33(12)29(40-33)24(4)21-37-25(5)35)27(23-39-43(15,16)32(9,10)11)28(36)26(20-34)22-38-42(13,14)31(6,7)8/h20,24,26-30,36H,17-19,21-23H2,1-16H3/t24-,26-,27-,28+,29+,30-,33-/m0/s1. The molecule has 0 radical (unpaired) electrons. The zero-order valence-electron chi connectivity index (χ0n) is 31.1.